The fourth-order valence-corrected chi connectivity index (χ4v) is 3.80. The molecule has 5 rings (SSSR count). The number of aromatic nitrogens is 1. The van der Waals surface area contributed by atoms with Gasteiger partial charge in [0.2, 0.25) is 5.69 Å². The Kier molecular flexibility index (Phi) is 3.70. The summed E-state index contributed by atoms with van der Waals surface area (Å²) in [5, 5.41) is 2.06. The van der Waals surface area contributed by atoms with Gasteiger partial charge in [-0.3, -0.25) is 4.98 Å². The highest BCUT2D eigenvalue weighted by molar-refractivity contribution is 6.15. The fourth-order valence-electron chi connectivity index (χ4n) is 3.80. The van der Waals surface area contributed by atoms with Gasteiger partial charge in [0.15, 0.2) is 0 Å². The normalized spacial score (nSPS) is 11.0. The van der Waals surface area contributed by atoms with Crippen LogP contribution in [0.1, 0.15) is 5.56 Å². The highest BCUT2D eigenvalue weighted by Crippen LogP contribution is 2.45. The van der Waals surface area contributed by atoms with E-state index in [1.165, 1.54) is 0 Å². The molecule has 0 radical (unpaired) electrons. The van der Waals surface area contributed by atoms with Crippen LogP contribution in [-0.4, -0.2) is 4.98 Å². The summed E-state index contributed by atoms with van der Waals surface area (Å²) in [6.45, 7) is 9.72. The molecular formula is C25H16N2O. The minimum atomic E-state index is 0.636. The van der Waals surface area contributed by atoms with Gasteiger partial charge < -0.3 is 4.42 Å². The van der Waals surface area contributed by atoms with Crippen LogP contribution in [-0.2, 0) is 0 Å². The number of para-hydroxylation sites is 1. The zero-order valence-corrected chi connectivity index (χ0v) is 15.3. The molecule has 0 saturated heterocycles. The summed E-state index contributed by atoms with van der Waals surface area (Å²) < 4.78 is 6.44. The number of rotatable bonds is 2. The van der Waals surface area contributed by atoms with Gasteiger partial charge in [0, 0.05) is 28.1 Å². The average molecular weight is 360 g/mol. The van der Waals surface area contributed by atoms with Crippen LogP contribution in [0, 0.1) is 13.5 Å². The van der Waals surface area contributed by atoms with Crippen LogP contribution in [0.5, 0.6) is 0 Å². The molecule has 0 aliphatic heterocycles. The van der Waals surface area contributed by atoms with Crippen molar-refractivity contribution in [1.82, 2.24) is 4.98 Å². The standard InChI is InChI=1S/C25H16N2O/c1-16-15-20-18-11-8-12-19(21-13-6-7-14-27-21)24(18)28-25(20)22(23(16)26-2)17-9-4-3-5-10-17/h3-15H,1H3. The Balaban J connectivity index is 1.94. The molecule has 3 aromatic carbocycles. The number of hydrogen-bond donors (Lipinski definition) is 0. The van der Waals surface area contributed by atoms with E-state index >= 15 is 0 Å². The summed E-state index contributed by atoms with van der Waals surface area (Å²) in [5.41, 5.74) is 6.81. The summed E-state index contributed by atoms with van der Waals surface area (Å²) in [6, 6.07) is 24.0. The van der Waals surface area contributed by atoms with Crippen molar-refractivity contribution in [3.05, 3.63) is 96.0 Å². The van der Waals surface area contributed by atoms with E-state index in [1.54, 1.807) is 6.20 Å². The second-order valence-corrected chi connectivity index (χ2v) is 6.77. The molecule has 0 fully saturated rings. The van der Waals surface area contributed by atoms with Gasteiger partial charge in [-0.1, -0.05) is 54.6 Å². The second-order valence-electron chi connectivity index (χ2n) is 6.77. The van der Waals surface area contributed by atoms with Crippen molar-refractivity contribution in [1.29, 1.82) is 0 Å². The van der Waals surface area contributed by atoms with Gasteiger partial charge in [-0.2, -0.15) is 0 Å². The Morgan fingerprint density at radius 1 is 0.857 bits per heavy atom. The van der Waals surface area contributed by atoms with Gasteiger partial charge in [0.05, 0.1) is 12.3 Å². The van der Waals surface area contributed by atoms with Crippen molar-refractivity contribution in [3.63, 3.8) is 0 Å². The van der Waals surface area contributed by atoms with E-state index < -0.39 is 0 Å². The van der Waals surface area contributed by atoms with Crippen LogP contribution in [0.25, 0.3) is 49.2 Å². The van der Waals surface area contributed by atoms with Crippen molar-refractivity contribution in [3.8, 4) is 22.4 Å². The molecule has 0 amide bonds. The summed E-state index contributed by atoms with van der Waals surface area (Å²) >= 11 is 0. The van der Waals surface area contributed by atoms with Gasteiger partial charge in [0.1, 0.15) is 11.2 Å². The van der Waals surface area contributed by atoms with E-state index in [0.29, 0.717) is 5.69 Å². The maximum atomic E-state index is 7.73. The van der Waals surface area contributed by atoms with E-state index in [4.69, 9.17) is 11.0 Å². The minimum Gasteiger partial charge on any atom is -0.456 e. The smallest absolute Gasteiger partial charge is 0.201 e. The summed E-state index contributed by atoms with van der Waals surface area (Å²) in [5.74, 6) is 0. The molecule has 0 spiro atoms. The van der Waals surface area contributed by atoms with Crippen LogP contribution in [0.3, 0.4) is 0 Å². The number of hydrogen-bond acceptors (Lipinski definition) is 2. The average Bonchev–Trinajstić information content (AvgIpc) is 3.12. The molecule has 0 unspecified atom stereocenters. The predicted octanol–water partition coefficient (Wildman–Crippen LogP) is 7.17. The quantitative estimate of drug-likeness (QED) is 0.312. The molecular weight excluding hydrogens is 344 g/mol. The maximum Gasteiger partial charge on any atom is 0.201 e. The summed E-state index contributed by atoms with van der Waals surface area (Å²) in [7, 11) is 0. The zero-order valence-electron chi connectivity index (χ0n) is 15.3. The summed E-state index contributed by atoms with van der Waals surface area (Å²) in [6.07, 6.45) is 1.79. The van der Waals surface area contributed by atoms with Crippen molar-refractivity contribution in [2.75, 3.05) is 0 Å². The van der Waals surface area contributed by atoms with Crippen LogP contribution in [0.2, 0.25) is 0 Å². The number of benzene rings is 3. The first kappa shape index (κ1) is 16.3. The number of furan rings is 1. The minimum absolute atomic E-state index is 0.636. The lowest BCUT2D eigenvalue weighted by molar-refractivity contribution is 0.671. The highest BCUT2D eigenvalue weighted by Gasteiger charge is 2.20. The maximum absolute atomic E-state index is 7.73. The lowest BCUT2D eigenvalue weighted by atomic mass is 9.97. The SMILES string of the molecule is [C-]#[N+]c1c(C)cc2c(oc3c(-c4ccccn4)cccc32)c1-c1ccccc1. The van der Waals surface area contributed by atoms with Crippen molar-refractivity contribution >= 4 is 27.6 Å². The molecule has 2 heterocycles. The number of fused-ring (bicyclic) bond motifs is 3. The Morgan fingerprint density at radius 2 is 1.68 bits per heavy atom. The van der Waals surface area contributed by atoms with E-state index in [-0.39, 0.29) is 0 Å². The third-order valence-corrected chi connectivity index (χ3v) is 5.07. The third-order valence-electron chi connectivity index (χ3n) is 5.07. The molecule has 0 aliphatic rings. The lowest BCUT2D eigenvalue weighted by Crippen LogP contribution is -1.83. The first-order chi connectivity index (χ1) is 13.8. The molecule has 28 heavy (non-hydrogen) atoms. The molecule has 0 atom stereocenters. The number of aryl methyl sites for hydroxylation is 1. The second kappa shape index (κ2) is 6.37. The van der Waals surface area contributed by atoms with Gasteiger partial charge in [0.25, 0.3) is 0 Å². The molecule has 0 aliphatic carbocycles. The largest absolute Gasteiger partial charge is 0.456 e. The predicted molar refractivity (Wildman–Crippen MR) is 113 cm³/mol. The molecule has 3 heteroatoms. The van der Waals surface area contributed by atoms with Crippen LogP contribution in [0.4, 0.5) is 5.69 Å². The molecule has 0 saturated carbocycles. The van der Waals surface area contributed by atoms with Gasteiger partial charge in [-0.15, -0.1) is 0 Å². The molecule has 132 valence electrons. The Morgan fingerprint density at radius 3 is 2.43 bits per heavy atom. The zero-order chi connectivity index (χ0) is 19.1. The van der Waals surface area contributed by atoms with Gasteiger partial charge in [-0.25, -0.2) is 4.85 Å². The van der Waals surface area contributed by atoms with E-state index in [2.05, 4.69) is 22.0 Å². The van der Waals surface area contributed by atoms with Gasteiger partial charge >= 0.3 is 0 Å². The first-order valence-electron chi connectivity index (χ1n) is 9.11. The van der Waals surface area contributed by atoms with E-state index in [9.17, 15) is 0 Å². The molecule has 5 aromatic rings. The van der Waals surface area contributed by atoms with Crippen molar-refractivity contribution < 1.29 is 4.42 Å². The topological polar surface area (TPSA) is 30.4 Å². The van der Waals surface area contributed by atoms with Crippen LogP contribution >= 0.6 is 0 Å². The Bertz CT molecular complexity index is 1360. The van der Waals surface area contributed by atoms with E-state index in [0.717, 1.165) is 49.9 Å². The molecule has 0 bridgehead atoms. The van der Waals surface area contributed by atoms with Crippen LogP contribution < -0.4 is 0 Å². The number of nitrogens with zero attached hydrogens (tertiary/aromatic N) is 2. The number of pyridine rings is 1. The highest BCUT2D eigenvalue weighted by atomic mass is 16.3. The first-order valence-corrected chi connectivity index (χ1v) is 9.11. The monoisotopic (exact) mass is 360 g/mol. The van der Waals surface area contributed by atoms with E-state index in [1.807, 2.05) is 67.6 Å². The fraction of sp³-hybridized carbons (Fsp3) is 0.0400. The van der Waals surface area contributed by atoms with Crippen molar-refractivity contribution in [2.24, 2.45) is 0 Å². The van der Waals surface area contributed by atoms with Crippen molar-refractivity contribution in [2.45, 2.75) is 6.92 Å². The Hall–Kier alpha value is -3.90. The molecule has 2 aromatic heterocycles. The van der Waals surface area contributed by atoms with Gasteiger partial charge in [-0.05, 0) is 36.2 Å². The van der Waals surface area contributed by atoms with Crippen LogP contribution in [0.15, 0.2) is 83.4 Å². The third kappa shape index (κ3) is 2.39. The summed E-state index contributed by atoms with van der Waals surface area (Å²) in [4.78, 5) is 8.32. The molecule has 3 nitrogen and oxygen atoms in total. The lowest BCUT2D eigenvalue weighted by Gasteiger charge is -2.08. The Labute approximate surface area is 162 Å². The molecule has 0 N–H and O–H groups in total.